The third kappa shape index (κ3) is 1.71. The van der Waals surface area contributed by atoms with Crippen molar-refractivity contribution in [2.24, 2.45) is 0 Å². The first kappa shape index (κ1) is 10.1. The van der Waals surface area contributed by atoms with Gasteiger partial charge in [-0.2, -0.15) is 5.26 Å². The van der Waals surface area contributed by atoms with Gasteiger partial charge in [0.15, 0.2) is 0 Å². The quantitative estimate of drug-likeness (QED) is 0.822. The summed E-state index contributed by atoms with van der Waals surface area (Å²) >= 11 is 6.08. The van der Waals surface area contributed by atoms with Crippen molar-refractivity contribution < 1.29 is 0 Å². The van der Waals surface area contributed by atoms with Crippen LogP contribution in [-0.2, 0) is 6.42 Å². The number of aromatic amines is 1. The number of halogens is 1. The average Bonchev–Trinajstić information content (AvgIpc) is 2.54. The Morgan fingerprint density at radius 3 is 3.00 bits per heavy atom. The lowest BCUT2D eigenvalue weighted by atomic mass is 10.1. The molecule has 2 aromatic rings. The number of hydrogen-bond acceptors (Lipinski definition) is 1. The number of nitriles is 1. The highest BCUT2D eigenvalue weighted by Gasteiger charge is 2.09. The first-order valence-electron chi connectivity index (χ1n) is 4.86. The molecule has 1 aromatic heterocycles. The highest BCUT2D eigenvalue weighted by molar-refractivity contribution is 6.35. The third-order valence-corrected chi connectivity index (χ3v) is 2.91. The van der Waals surface area contributed by atoms with Crippen LogP contribution in [0.1, 0.15) is 17.7 Å². The number of nitrogens with zero attached hydrogens (tertiary/aromatic N) is 1. The van der Waals surface area contributed by atoms with Crippen molar-refractivity contribution in [1.29, 1.82) is 5.26 Å². The summed E-state index contributed by atoms with van der Waals surface area (Å²) in [7, 11) is 0. The van der Waals surface area contributed by atoms with E-state index in [0.717, 1.165) is 28.0 Å². The Morgan fingerprint density at radius 1 is 1.47 bits per heavy atom. The largest absolute Gasteiger partial charge is 0.357 e. The minimum Gasteiger partial charge on any atom is -0.357 e. The number of nitrogens with one attached hydrogen (secondary N) is 1. The van der Waals surface area contributed by atoms with Crippen LogP contribution in [0.15, 0.2) is 18.2 Å². The van der Waals surface area contributed by atoms with Gasteiger partial charge in [0.2, 0.25) is 0 Å². The molecule has 1 aromatic carbocycles. The number of hydrogen-bond donors (Lipinski definition) is 1. The summed E-state index contributed by atoms with van der Waals surface area (Å²) in [4.78, 5) is 3.26. The van der Waals surface area contributed by atoms with E-state index in [9.17, 15) is 0 Å². The molecular formula is C12H11ClN2. The van der Waals surface area contributed by atoms with Crippen LogP contribution in [0, 0.1) is 18.3 Å². The van der Waals surface area contributed by atoms with Gasteiger partial charge >= 0.3 is 0 Å². The molecule has 15 heavy (non-hydrogen) atoms. The van der Waals surface area contributed by atoms with Gasteiger partial charge in [-0.05, 0) is 25.0 Å². The van der Waals surface area contributed by atoms with Crippen molar-refractivity contribution in [2.75, 3.05) is 0 Å². The fourth-order valence-corrected chi connectivity index (χ4v) is 2.09. The number of fused-ring (bicyclic) bond motifs is 1. The molecule has 0 aliphatic carbocycles. The van der Waals surface area contributed by atoms with Gasteiger partial charge in [0.25, 0.3) is 0 Å². The van der Waals surface area contributed by atoms with Crippen molar-refractivity contribution in [3.8, 4) is 6.07 Å². The summed E-state index contributed by atoms with van der Waals surface area (Å²) in [6.07, 6.45) is 1.32. The highest BCUT2D eigenvalue weighted by Crippen LogP contribution is 2.28. The Kier molecular flexibility index (Phi) is 2.66. The van der Waals surface area contributed by atoms with Crippen LogP contribution in [-0.4, -0.2) is 4.98 Å². The van der Waals surface area contributed by atoms with E-state index in [1.165, 1.54) is 5.56 Å². The molecule has 0 aliphatic heterocycles. The van der Waals surface area contributed by atoms with Gasteiger partial charge in [0, 0.05) is 17.5 Å². The zero-order valence-corrected chi connectivity index (χ0v) is 9.23. The van der Waals surface area contributed by atoms with Crippen LogP contribution in [0.5, 0.6) is 0 Å². The number of aryl methyl sites for hydroxylation is 2. The van der Waals surface area contributed by atoms with Gasteiger partial charge in [0.1, 0.15) is 0 Å². The lowest BCUT2D eigenvalue weighted by molar-refractivity contribution is 1.00. The maximum absolute atomic E-state index is 8.60. The minimum absolute atomic E-state index is 0.542. The fourth-order valence-electron chi connectivity index (χ4n) is 1.87. The van der Waals surface area contributed by atoms with Crippen LogP contribution >= 0.6 is 11.6 Å². The molecule has 0 unspecified atom stereocenters. The number of benzene rings is 1. The van der Waals surface area contributed by atoms with E-state index < -0.39 is 0 Å². The first-order chi connectivity index (χ1) is 7.24. The minimum atomic E-state index is 0.542. The molecule has 3 heteroatoms. The molecule has 2 nitrogen and oxygen atoms in total. The molecule has 1 N–H and O–H groups in total. The van der Waals surface area contributed by atoms with E-state index in [0.29, 0.717) is 6.42 Å². The monoisotopic (exact) mass is 218 g/mol. The Morgan fingerprint density at radius 2 is 2.27 bits per heavy atom. The average molecular weight is 219 g/mol. The summed E-state index contributed by atoms with van der Waals surface area (Å²) in [6, 6.07) is 8.01. The second kappa shape index (κ2) is 3.96. The van der Waals surface area contributed by atoms with Gasteiger partial charge in [-0.25, -0.2) is 0 Å². The SMILES string of the molecule is Cc1[nH]c2c(Cl)cccc2c1CCC#N. The van der Waals surface area contributed by atoms with E-state index in [1.807, 2.05) is 25.1 Å². The van der Waals surface area contributed by atoms with Crippen LogP contribution < -0.4 is 0 Å². The summed E-state index contributed by atoms with van der Waals surface area (Å²) < 4.78 is 0. The molecule has 0 saturated heterocycles. The van der Waals surface area contributed by atoms with Crippen molar-refractivity contribution in [1.82, 2.24) is 4.98 Å². The molecule has 2 rings (SSSR count). The molecule has 0 saturated carbocycles. The smallest absolute Gasteiger partial charge is 0.0648 e. The van der Waals surface area contributed by atoms with Gasteiger partial charge in [-0.1, -0.05) is 23.7 Å². The van der Waals surface area contributed by atoms with Gasteiger partial charge in [-0.3, -0.25) is 0 Å². The van der Waals surface area contributed by atoms with Crippen LogP contribution in [0.3, 0.4) is 0 Å². The summed E-state index contributed by atoms with van der Waals surface area (Å²) in [5, 5.41) is 10.5. The maximum Gasteiger partial charge on any atom is 0.0648 e. The van der Waals surface area contributed by atoms with Crippen LogP contribution in [0.2, 0.25) is 5.02 Å². The van der Waals surface area contributed by atoms with E-state index in [1.54, 1.807) is 0 Å². The van der Waals surface area contributed by atoms with Gasteiger partial charge in [0.05, 0.1) is 16.6 Å². The third-order valence-electron chi connectivity index (χ3n) is 2.59. The van der Waals surface area contributed by atoms with Crippen molar-refractivity contribution in [3.05, 3.63) is 34.5 Å². The number of H-pyrrole nitrogens is 1. The number of aromatic nitrogens is 1. The molecule has 0 spiro atoms. The summed E-state index contributed by atoms with van der Waals surface area (Å²) in [6.45, 7) is 2.02. The molecule has 0 radical (unpaired) electrons. The zero-order valence-electron chi connectivity index (χ0n) is 8.47. The predicted molar refractivity (Wildman–Crippen MR) is 62.0 cm³/mol. The van der Waals surface area contributed by atoms with Crippen LogP contribution in [0.4, 0.5) is 0 Å². The van der Waals surface area contributed by atoms with Crippen molar-refractivity contribution in [2.45, 2.75) is 19.8 Å². The predicted octanol–water partition coefficient (Wildman–Crippen LogP) is 3.59. The molecule has 1 heterocycles. The normalized spacial score (nSPS) is 10.5. The molecular weight excluding hydrogens is 208 g/mol. The van der Waals surface area contributed by atoms with E-state index in [4.69, 9.17) is 16.9 Å². The van der Waals surface area contributed by atoms with E-state index in [-0.39, 0.29) is 0 Å². The molecule has 0 fully saturated rings. The molecule has 0 amide bonds. The topological polar surface area (TPSA) is 39.6 Å². The Hall–Kier alpha value is -1.46. The Labute approximate surface area is 93.5 Å². The Balaban J connectivity index is 2.59. The van der Waals surface area contributed by atoms with Crippen molar-refractivity contribution >= 4 is 22.5 Å². The lowest BCUT2D eigenvalue weighted by Gasteiger charge is -1.97. The van der Waals surface area contributed by atoms with E-state index >= 15 is 0 Å². The van der Waals surface area contributed by atoms with E-state index in [2.05, 4.69) is 11.1 Å². The number of rotatable bonds is 2. The summed E-state index contributed by atoms with van der Waals surface area (Å²) in [5.74, 6) is 0. The standard InChI is InChI=1S/C12H11ClN2/c1-8-9(5-3-7-14)10-4-2-6-11(13)12(10)15-8/h2,4,6,15H,3,5H2,1H3. The van der Waals surface area contributed by atoms with Crippen LogP contribution in [0.25, 0.3) is 10.9 Å². The number of para-hydroxylation sites is 1. The molecule has 0 atom stereocenters. The van der Waals surface area contributed by atoms with Gasteiger partial charge in [-0.15, -0.1) is 0 Å². The summed E-state index contributed by atoms with van der Waals surface area (Å²) in [5.41, 5.74) is 3.28. The highest BCUT2D eigenvalue weighted by atomic mass is 35.5. The molecule has 0 bridgehead atoms. The second-order valence-corrected chi connectivity index (χ2v) is 3.96. The lowest BCUT2D eigenvalue weighted by Crippen LogP contribution is -1.84. The fraction of sp³-hybridized carbons (Fsp3) is 0.250. The molecule has 76 valence electrons. The molecule has 0 aliphatic rings. The first-order valence-corrected chi connectivity index (χ1v) is 5.24. The zero-order chi connectivity index (χ0) is 10.8. The Bertz CT molecular complexity index is 534. The van der Waals surface area contributed by atoms with Gasteiger partial charge < -0.3 is 4.98 Å². The second-order valence-electron chi connectivity index (χ2n) is 3.55. The maximum atomic E-state index is 8.60. The van der Waals surface area contributed by atoms with Crippen molar-refractivity contribution in [3.63, 3.8) is 0 Å².